The smallest absolute Gasteiger partial charge is 0.344 e. The molecule has 0 aromatic carbocycles. The zero-order valence-electron chi connectivity index (χ0n) is 14.5. The SMILES string of the molecule is CCC(OC(C)C)(C(=O)O)C(=O)C(OC(C)C)OC(C)C.[Zr]. The van der Waals surface area contributed by atoms with Gasteiger partial charge in [-0.15, -0.1) is 0 Å². The molecule has 7 heteroatoms. The molecule has 0 saturated heterocycles. The van der Waals surface area contributed by atoms with Crippen LogP contribution in [0.15, 0.2) is 0 Å². The van der Waals surface area contributed by atoms with Gasteiger partial charge in [-0.1, -0.05) is 6.92 Å². The van der Waals surface area contributed by atoms with E-state index >= 15 is 0 Å². The van der Waals surface area contributed by atoms with Crippen LogP contribution in [0.2, 0.25) is 0 Å². The first-order valence-corrected chi connectivity index (χ1v) is 7.33. The third kappa shape index (κ3) is 6.99. The van der Waals surface area contributed by atoms with Crippen LogP contribution in [-0.2, 0) is 50.0 Å². The van der Waals surface area contributed by atoms with E-state index in [0.29, 0.717) is 0 Å². The second-order valence-corrected chi connectivity index (χ2v) is 5.72. The van der Waals surface area contributed by atoms with Gasteiger partial charge in [-0.3, -0.25) is 4.79 Å². The van der Waals surface area contributed by atoms with Crippen molar-refractivity contribution in [2.24, 2.45) is 0 Å². The first-order chi connectivity index (χ1) is 9.56. The van der Waals surface area contributed by atoms with Gasteiger partial charge < -0.3 is 19.3 Å². The molecule has 6 nitrogen and oxygen atoms in total. The molecule has 0 radical (unpaired) electrons. The second-order valence-electron chi connectivity index (χ2n) is 5.72. The number of ketones is 1. The number of carboxylic acids is 1. The van der Waals surface area contributed by atoms with E-state index in [0.717, 1.165) is 0 Å². The summed E-state index contributed by atoms with van der Waals surface area (Å²) in [5.41, 5.74) is -1.96. The van der Waals surface area contributed by atoms with Gasteiger partial charge >= 0.3 is 5.97 Å². The van der Waals surface area contributed by atoms with Crippen molar-refractivity contribution in [3.63, 3.8) is 0 Å². The van der Waals surface area contributed by atoms with Crippen molar-refractivity contribution in [1.82, 2.24) is 0 Å². The minimum absolute atomic E-state index is 0. The van der Waals surface area contributed by atoms with E-state index in [-0.39, 0.29) is 44.8 Å². The van der Waals surface area contributed by atoms with Crippen LogP contribution in [-0.4, -0.2) is 47.1 Å². The van der Waals surface area contributed by atoms with Crippen LogP contribution in [0.3, 0.4) is 0 Å². The Morgan fingerprint density at radius 2 is 1.36 bits per heavy atom. The largest absolute Gasteiger partial charge is 0.479 e. The molecule has 1 N–H and O–H groups in total. The van der Waals surface area contributed by atoms with Gasteiger partial charge in [0.2, 0.25) is 17.7 Å². The van der Waals surface area contributed by atoms with Crippen molar-refractivity contribution in [2.45, 2.75) is 85.1 Å². The fourth-order valence-electron chi connectivity index (χ4n) is 1.87. The van der Waals surface area contributed by atoms with Gasteiger partial charge in [0.25, 0.3) is 0 Å². The zero-order valence-corrected chi connectivity index (χ0v) is 17.0. The van der Waals surface area contributed by atoms with Crippen LogP contribution >= 0.6 is 0 Å². The Morgan fingerprint density at radius 3 is 1.59 bits per heavy atom. The minimum atomic E-state index is -1.96. The number of hydrogen-bond donors (Lipinski definition) is 1. The molecule has 0 heterocycles. The topological polar surface area (TPSA) is 82.1 Å². The Labute approximate surface area is 152 Å². The van der Waals surface area contributed by atoms with E-state index in [1.165, 1.54) is 0 Å². The van der Waals surface area contributed by atoms with Gasteiger partial charge in [-0.2, -0.15) is 0 Å². The maximum Gasteiger partial charge on any atom is 0.344 e. The number of aliphatic carboxylic acids is 1. The van der Waals surface area contributed by atoms with Crippen molar-refractivity contribution in [3.8, 4) is 0 Å². The summed E-state index contributed by atoms with van der Waals surface area (Å²) in [7, 11) is 0. The van der Waals surface area contributed by atoms with Crippen molar-refractivity contribution >= 4 is 11.8 Å². The molecule has 0 aromatic rings. The van der Waals surface area contributed by atoms with Gasteiger partial charge in [-0.05, 0) is 48.0 Å². The summed E-state index contributed by atoms with van der Waals surface area (Å²) in [6.07, 6.45) is -2.23. The van der Waals surface area contributed by atoms with E-state index in [9.17, 15) is 14.7 Å². The van der Waals surface area contributed by atoms with E-state index in [4.69, 9.17) is 14.2 Å². The van der Waals surface area contributed by atoms with Gasteiger partial charge in [0.05, 0.1) is 18.3 Å². The van der Waals surface area contributed by atoms with E-state index in [1.54, 1.807) is 48.5 Å². The number of ether oxygens (including phenoxy) is 3. The third-order valence-electron chi connectivity index (χ3n) is 2.68. The molecule has 128 valence electrons. The molecule has 22 heavy (non-hydrogen) atoms. The molecule has 0 fully saturated rings. The predicted molar refractivity (Wildman–Crippen MR) is 78.1 cm³/mol. The summed E-state index contributed by atoms with van der Waals surface area (Å²) in [6, 6.07) is 0. The van der Waals surface area contributed by atoms with Gasteiger partial charge in [0.1, 0.15) is 0 Å². The quantitative estimate of drug-likeness (QED) is 0.452. The number of hydrogen-bond acceptors (Lipinski definition) is 5. The Hall–Kier alpha value is -0.0969. The molecular weight excluding hydrogens is 367 g/mol. The molecule has 1 atom stereocenters. The molecule has 0 aromatic heterocycles. The maximum atomic E-state index is 12.7. The Morgan fingerprint density at radius 1 is 0.955 bits per heavy atom. The standard InChI is InChI=1S/C15H28O6.Zr/c1-8-15(14(17)18,21-11(6)7)12(16)13(19-9(2)3)20-10(4)5;/h9-11,13H,8H2,1-7H3,(H,17,18);. The van der Waals surface area contributed by atoms with E-state index in [2.05, 4.69) is 0 Å². The van der Waals surface area contributed by atoms with Crippen LogP contribution in [0, 0.1) is 0 Å². The van der Waals surface area contributed by atoms with Crippen molar-refractivity contribution in [1.29, 1.82) is 0 Å². The molecule has 0 aliphatic rings. The van der Waals surface area contributed by atoms with Crippen molar-refractivity contribution in [2.75, 3.05) is 0 Å². The van der Waals surface area contributed by atoms with Gasteiger partial charge in [0, 0.05) is 26.2 Å². The van der Waals surface area contributed by atoms with Gasteiger partial charge in [0.15, 0.2) is 0 Å². The number of Topliss-reactive ketones (excluding diaryl/α,β-unsaturated/α-hetero) is 1. The Balaban J connectivity index is 0. The number of rotatable bonds is 10. The minimum Gasteiger partial charge on any atom is -0.479 e. The monoisotopic (exact) mass is 394 g/mol. The first kappa shape index (κ1) is 24.2. The molecule has 0 bridgehead atoms. The molecule has 0 aliphatic heterocycles. The fourth-order valence-corrected chi connectivity index (χ4v) is 1.87. The van der Waals surface area contributed by atoms with Crippen LogP contribution in [0.25, 0.3) is 0 Å². The average molecular weight is 396 g/mol. The maximum absolute atomic E-state index is 12.7. The normalized spacial score (nSPS) is 14.3. The fraction of sp³-hybridized carbons (Fsp3) is 0.867. The van der Waals surface area contributed by atoms with Crippen molar-refractivity contribution in [3.05, 3.63) is 0 Å². The van der Waals surface area contributed by atoms with Crippen LogP contribution < -0.4 is 0 Å². The average Bonchev–Trinajstić information content (AvgIpc) is 2.32. The first-order valence-electron chi connectivity index (χ1n) is 7.33. The number of carbonyl (C=O) groups excluding carboxylic acids is 1. The van der Waals surface area contributed by atoms with Crippen LogP contribution in [0.1, 0.15) is 54.9 Å². The van der Waals surface area contributed by atoms with Gasteiger partial charge in [-0.25, -0.2) is 4.79 Å². The summed E-state index contributed by atoms with van der Waals surface area (Å²) in [4.78, 5) is 24.3. The third-order valence-corrected chi connectivity index (χ3v) is 2.68. The Bertz CT molecular complexity index is 346. The molecule has 0 saturated carbocycles. The Kier molecular flexibility index (Phi) is 11.7. The van der Waals surface area contributed by atoms with Crippen molar-refractivity contribution < 1.29 is 55.1 Å². The molecule has 0 aliphatic carbocycles. The van der Waals surface area contributed by atoms with Crippen LogP contribution in [0.5, 0.6) is 0 Å². The van der Waals surface area contributed by atoms with E-state index in [1.807, 2.05) is 0 Å². The zero-order chi connectivity index (χ0) is 16.8. The molecular formula is C15H28O6Zr. The molecule has 0 spiro atoms. The van der Waals surface area contributed by atoms with E-state index < -0.39 is 29.7 Å². The van der Waals surface area contributed by atoms with Crippen LogP contribution in [0.4, 0.5) is 0 Å². The molecule has 0 amide bonds. The second kappa shape index (κ2) is 10.6. The summed E-state index contributed by atoms with van der Waals surface area (Å²) < 4.78 is 16.3. The summed E-state index contributed by atoms with van der Waals surface area (Å²) in [6.45, 7) is 12.0. The molecule has 0 rings (SSSR count). The number of carboxylic acid groups (broad SMARTS) is 1. The summed E-state index contributed by atoms with van der Waals surface area (Å²) in [5, 5.41) is 9.50. The number of carbonyl (C=O) groups is 2. The summed E-state index contributed by atoms with van der Waals surface area (Å²) >= 11 is 0. The molecule has 1 unspecified atom stereocenters. The summed E-state index contributed by atoms with van der Waals surface area (Å²) in [5.74, 6) is -2.04. The predicted octanol–water partition coefficient (Wildman–Crippen LogP) is 2.39.